The average molecular weight is 232 g/mol. The van der Waals surface area contributed by atoms with Gasteiger partial charge in [0.2, 0.25) is 0 Å². The number of anilines is 2. The van der Waals surface area contributed by atoms with Gasteiger partial charge < -0.3 is 16.0 Å². The molecule has 0 spiro atoms. The van der Waals surface area contributed by atoms with E-state index in [1.165, 1.54) is 17.8 Å². The summed E-state index contributed by atoms with van der Waals surface area (Å²) in [6.45, 7) is 2.11. The molecule has 4 nitrogen and oxygen atoms in total. The zero-order valence-corrected chi connectivity index (χ0v) is 10.3. The Kier molecular flexibility index (Phi) is 2.68. The minimum atomic E-state index is 0.263. The molecule has 1 aromatic rings. The molecule has 0 radical (unpaired) electrons. The molecule has 3 rings (SSSR count). The van der Waals surface area contributed by atoms with Crippen LogP contribution in [0, 0.1) is 0 Å². The second-order valence-corrected chi connectivity index (χ2v) is 5.04. The van der Waals surface area contributed by atoms with Crippen molar-refractivity contribution in [2.45, 2.75) is 25.2 Å². The Labute approximate surface area is 102 Å². The Morgan fingerprint density at radius 3 is 2.94 bits per heavy atom. The van der Waals surface area contributed by atoms with Crippen LogP contribution in [0.4, 0.5) is 11.4 Å². The van der Waals surface area contributed by atoms with Crippen molar-refractivity contribution in [2.24, 2.45) is 5.73 Å². The monoisotopic (exact) mass is 232 g/mol. The molecule has 2 aliphatic heterocycles. The number of para-hydroxylation sites is 2. The summed E-state index contributed by atoms with van der Waals surface area (Å²) in [5.41, 5.74) is 8.55. The van der Waals surface area contributed by atoms with Gasteiger partial charge in [-0.3, -0.25) is 4.90 Å². The largest absolute Gasteiger partial charge is 0.351 e. The lowest BCUT2D eigenvalue weighted by Gasteiger charge is -2.38. The first kappa shape index (κ1) is 10.9. The van der Waals surface area contributed by atoms with Crippen molar-refractivity contribution < 1.29 is 0 Å². The molecule has 1 unspecified atom stereocenters. The van der Waals surface area contributed by atoms with Crippen LogP contribution >= 0.6 is 0 Å². The highest BCUT2D eigenvalue weighted by Gasteiger charge is 2.32. The van der Waals surface area contributed by atoms with Gasteiger partial charge in [0.25, 0.3) is 0 Å². The highest BCUT2D eigenvalue weighted by Crippen LogP contribution is 2.34. The lowest BCUT2D eigenvalue weighted by Crippen LogP contribution is -2.54. The average Bonchev–Trinajstić information content (AvgIpc) is 2.68. The molecule has 0 amide bonds. The van der Waals surface area contributed by atoms with Crippen LogP contribution in [0.2, 0.25) is 0 Å². The molecule has 17 heavy (non-hydrogen) atoms. The number of hydrogen-bond donors (Lipinski definition) is 2. The van der Waals surface area contributed by atoms with Gasteiger partial charge in [-0.1, -0.05) is 12.1 Å². The van der Waals surface area contributed by atoms with E-state index in [-0.39, 0.29) is 6.29 Å². The van der Waals surface area contributed by atoms with Gasteiger partial charge in [-0.05, 0) is 25.0 Å². The molecule has 92 valence electrons. The zero-order valence-electron chi connectivity index (χ0n) is 10.3. The Balaban J connectivity index is 1.79. The van der Waals surface area contributed by atoms with E-state index in [4.69, 9.17) is 5.73 Å². The molecule has 1 aromatic carbocycles. The molecule has 1 fully saturated rings. The Morgan fingerprint density at radius 1 is 1.35 bits per heavy atom. The predicted molar refractivity (Wildman–Crippen MR) is 71.0 cm³/mol. The van der Waals surface area contributed by atoms with Crippen molar-refractivity contribution in [3.05, 3.63) is 24.3 Å². The number of rotatable bonds is 1. The van der Waals surface area contributed by atoms with E-state index in [2.05, 4.69) is 46.4 Å². The van der Waals surface area contributed by atoms with Crippen LogP contribution in [0.5, 0.6) is 0 Å². The van der Waals surface area contributed by atoms with Gasteiger partial charge in [-0.2, -0.15) is 0 Å². The first-order valence-electron chi connectivity index (χ1n) is 6.34. The summed E-state index contributed by atoms with van der Waals surface area (Å²) < 4.78 is 0. The predicted octanol–water partition coefficient (Wildman–Crippen LogP) is 1.25. The number of piperidine rings is 1. The highest BCUT2D eigenvalue weighted by atomic mass is 15.5. The molecule has 0 bridgehead atoms. The number of nitrogens with zero attached hydrogens (tertiary/aromatic N) is 2. The molecule has 1 saturated heterocycles. The van der Waals surface area contributed by atoms with Gasteiger partial charge in [0.05, 0.1) is 11.4 Å². The van der Waals surface area contributed by atoms with Crippen LogP contribution in [0.25, 0.3) is 0 Å². The van der Waals surface area contributed by atoms with Crippen LogP contribution in [0.3, 0.4) is 0 Å². The molecular weight excluding hydrogens is 212 g/mol. The second-order valence-electron chi connectivity index (χ2n) is 5.04. The van der Waals surface area contributed by atoms with Crippen molar-refractivity contribution in [1.82, 2.24) is 4.90 Å². The van der Waals surface area contributed by atoms with Crippen LogP contribution < -0.4 is 16.0 Å². The maximum Gasteiger partial charge on any atom is 0.157 e. The third-order valence-electron chi connectivity index (χ3n) is 3.77. The maximum absolute atomic E-state index is 6.06. The fourth-order valence-corrected chi connectivity index (χ4v) is 2.87. The van der Waals surface area contributed by atoms with Gasteiger partial charge in [0.1, 0.15) is 0 Å². The van der Waals surface area contributed by atoms with E-state index in [9.17, 15) is 0 Å². The quantitative estimate of drug-likeness (QED) is 0.765. The molecular formula is C13H20N4. The lowest BCUT2D eigenvalue weighted by atomic mass is 10.1. The van der Waals surface area contributed by atoms with Gasteiger partial charge >= 0.3 is 0 Å². The summed E-state index contributed by atoms with van der Waals surface area (Å²) >= 11 is 0. The van der Waals surface area contributed by atoms with Gasteiger partial charge in [0.15, 0.2) is 6.29 Å². The fraction of sp³-hybridized carbons (Fsp3) is 0.538. The highest BCUT2D eigenvalue weighted by molar-refractivity contribution is 5.75. The number of likely N-dealkylation sites (tertiary alicyclic amines) is 1. The van der Waals surface area contributed by atoms with Crippen LogP contribution in [0.15, 0.2) is 24.3 Å². The number of fused-ring (bicyclic) bond motifs is 1. The number of benzene rings is 1. The molecule has 0 aromatic heterocycles. The standard InChI is InChI=1S/C13H20N4/c1-16-12-7-3-2-6-11(12)15-13(16)17-8-4-5-10(14)9-17/h2-3,6-7,10,13,15H,4-5,8-9,14H2,1H3/t10-,13?/m0/s1. The number of nitrogens with one attached hydrogen (secondary N) is 1. The molecule has 0 aliphatic carbocycles. The minimum Gasteiger partial charge on any atom is -0.351 e. The van der Waals surface area contributed by atoms with E-state index >= 15 is 0 Å². The van der Waals surface area contributed by atoms with Crippen molar-refractivity contribution in [3.63, 3.8) is 0 Å². The summed E-state index contributed by atoms with van der Waals surface area (Å²) in [6.07, 6.45) is 2.61. The van der Waals surface area contributed by atoms with Crippen LogP contribution in [0.1, 0.15) is 12.8 Å². The first-order valence-corrected chi connectivity index (χ1v) is 6.34. The number of hydrogen-bond acceptors (Lipinski definition) is 4. The third-order valence-corrected chi connectivity index (χ3v) is 3.77. The van der Waals surface area contributed by atoms with Gasteiger partial charge in [0, 0.05) is 26.2 Å². The Bertz CT molecular complexity index is 406. The SMILES string of the molecule is CN1c2ccccc2NC1N1CCC[C@H](N)C1. The Morgan fingerprint density at radius 2 is 2.18 bits per heavy atom. The second kappa shape index (κ2) is 4.20. The lowest BCUT2D eigenvalue weighted by molar-refractivity contribution is 0.166. The first-order chi connectivity index (χ1) is 8.25. The topological polar surface area (TPSA) is 44.5 Å². The normalized spacial score (nSPS) is 28.9. The zero-order chi connectivity index (χ0) is 11.8. The van der Waals surface area contributed by atoms with E-state index in [1.54, 1.807) is 0 Å². The molecule has 3 N–H and O–H groups in total. The fourth-order valence-electron chi connectivity index (χ4n) is 2.87. The summed E-state index contributed by atoms with van der Waals surface area (Å²) in [5.74, 6) is 0. The van der Waals surface area contributed by atoms with Crippen molar-refractivity contribution >= 4 is 11.4 Å². The van der Waals surface area contributed by atoms with Crippen molar-refractivity contribution in [2.75, 3.05) is 30.4 Å². The van der Waals surface area contributed by atoms with Crippen molar-refractivity contribution in [1.29, 1.82) is 0 Å². The summed E-state index contributed by atoms with van der Waals surface area (Å²) in [5, 5.41) is 3.57. The van der Waals surface area contributed by atoms with E-state index in [0.717, 1.165) is 19.5 Å². The summed E-state index contributed by atoms with van der Waals surface area (Å²) in [6, 6.07) is 8.77. The van der Waals surface area contributed by atoms with E-state index in [0.29, 0.717) is 6.04 Å². The van der Waals surface area contributed by atoms with Crippen LogP contribution in [-0.4, -0.2) is 37.4 Å². The van der Waals surface area contributed by atoms with Crippen molar-refractivity contribution in [3.8, 4) is 0 Å². The summed E-state index contributed by atoms with van der Waals surface area (Å²) in [7, 11) is 2.14. The molecule has 2 heterocycles. The Hall–Kier alpha value is -1.26. The minimum absolute atomic E-state index is 0.263. The van der Waals surface area contributed by atoms with Crippen LogP contribution in [-0.2, 0) is 0 Å². The summed E-state index contributed by atoms with van der Waals surface area (Å²) in [4.78, 5) is 4.74. The maximum atomic E-state index is 6.06. The van der Waals surface area contributed by atoms with E-state index < -0.39 is 0 Å². The molecule has 2 aliphatic rings. The molecule has 0 saturated carbocycles. The smallest absolute Gasteiger partial charge is 0.157 e. The van der Waals surface area contributed by atoms with E-state index in [1.807, 2.05) is 0 Å². The van der Waals surface area contributed by atoms with Gasteiger partial charge in [-0.25, -0.2) is 0 Å². The molecule has 2 atom stereocenters. The molecule has 4 heteroatoms. The van der Waals surface area contributed by atoms with Gasteiger partial charge in [-0.15, -0.1) is 0 Å². The third kappa shape index (κ3) is 1.87. The number of nitrogens with two attached hydrogens (primary N) is 1.